The largest absolute Gasteiger partial charge is 0.469 e. The fraction of sp³-hybridized carbons (Fsp3) is 0.583. The number of carbonyl (C=O) groups excluding carboxylic acids is 1. The number of rotatable bonds is 3. The molecule has 1 heterocycles. The zero-order valence-electron chi connectivity index (χ0n) is 10.3. The number of amides is 1. The highest BCUT2D eigenvalue weighted by Crippen LogP contribution is 2.23. The van der Waals surface area contributed by atoms with E-state index >= 15 is 0 Å². The molecule has 0 aliphatic heterocycles. The first-order valence-corrected chi connectivity index (χ1v) is 7.65. The van der Waals surface area contributed by atoms with Gasteiger partial charge < -0.3 is 4.42 Å². The highest BCUT2D eigenvalue weighted by Gasteiger charge is 2.29. The van der Waals surface area contributed by atoms with Gasteiger partial charge in [-0.05, 0) is 25.8 Å². The first kappa shape index (κ1) is 13.1. The van der Waals surface area contributed by atoms with Crippen LogP contribution in [0.5, 0.6) is 0 Å². The van der Waals surface area contributed by atoms with E-state index in [2.05, 4.69) is 4.72 Å². The van der Waals surface area contributed by atoms with Crippen molar-refractivity contribution >= 4 is 15.9 Å². The van der Waals surface area contributed by atoms with E-state index in [9.17, 15) is 13.2 Å². The van der Waals surface area contributed by atoms with Crippen LogP contribution >= 0.6 is 0 Å². The van der Waals surface area contributed by atoms with Crippen LogP contribution in [0.2, 0.25) is 0 Å². The monoisotopic (exact) mass is 271 g/mol. The molecule has 2 rings (SSSR count). The first-order chi connectivity index (χ1) is 8.49. The zero-order chi connectivity index (χ0) is 13.2. The van der Waals surface area contributed by atoms with E-state index in [1.165, 1.54) is 12.3 Å². The summed E-state index contributed by atoms with van der Waals surface area (Å²) in [6, 6.07) is 1.52. The minimum Gasteiger partial charge on any atom is -0.469 e. The van der Waals surface area contributed by atoms with E-state index in [1.54, 1.807) is 6.92 Å². The van der Waals surface area contributed by atoms with Crippen LogP contribution < -0.4 is 4.72 Å². The van der Waals surface area contributed by atoms with Crippen LogP contribution in [0.4, 0.5) is 0 Å². The molecule has 1 N–H and O–H groups in total. The van der Waals surface area contributed by atoms with Crippen LogP contribution in [0.1, 0.15) is 48.2 Å². The summed E-state index contributed by atoms with van der Waals surface area (Å²) in [6.07, 6.45) is 5.41. The second kappa shape index (κ2) is 5.14. The van der Waals surface area contributed by atoms with Crippen LogP contribution in [-0.2, 0) is 10.0 Å². The highest BCUT2D eigenvalue weighted by atomic mass is 32.2. The Morgan fingerprint density at radius 3 is 2.56 bits per heavy atom. The van der Waals surface area contributed by atoms with Gasteiger partial charge in [0.25, 0.3) is 5.91 Å². The van der Waals surface area contributed by atoms with E-state index in [0.717, 1.165) is 19.3 Å². The lowest BCUT2D eigenvalue weighted by molar-refractivity contribution is 0.0980. The van der Waals surface area contributed by atoms with Gasteiger partial charge in [-0.15, -0.1) is 0 Å². The summed E-state index contributed by atoms with van der Waals surface area (Å²) in [5.41, 5.74) is 0.242. The average Bonchev–Trinajstić information content (AvgIpc) is 2.77. The second-order valence-corrected chi connectivity index (χ2v) is 6.64. The molecule has 0 atom stereocenters. The van der Waals surface area contributed by atoms with Gasteiger partial charge in [0.05, 0.1) is 10.8 Å². The summed E-state index contributed by atoms with van der Waals surface area (Å²) in [5.74, 6) is -0.0346. The lowest BCUT2D eigenvalue weighted by Gasteiger charge is -2.21. The van der Waals surface area contributed by atoms with E-state index in [0.29, 0.717) is 18.6 Å². The number of furan rings is 1. The number of hydrogen-bond donors (Lipinski definition) is 1. The first-order valence-electron chi connectivity index (χ1n) is 6.10. The summed E-state index contributed by atoms with van der Waals surface area (Å²) in [5, 5.41) is -0.441. The van der Waals surface area contributed by atoms with E-state index in [-0.39, 0.29) is 5.56 Å². The van der Waals surface area contributed by atoms with Gasteiger partial charge in [-0.3, -0.25) is 4.79 Å². The molecule has 0 bridgehead atoms. The number of aryl methyl sites for hydroxylation is 1. The summed E-state index contributed by atoms with van der Waals surface area (Å²) in [4.78, 5) is 11.8. The van der Waals surface area contributed by atoms with Crippen molar-refractivity contribution in [3.63, 3.8) is 0 Å². The van der Waals surface area contributed by atoms with Crippen molar-refractivity contribution in [1.82, 2.24) is 4.72 Å². The summed E-state index contributed by atoms with van der Waals surface area (Å²) in [7, 11) is -3.56. The topological polar surface area (TPSA) is 76.4 Å². The van der Waals surface area contributed by atoms with Crippen molar-refractivity contribution in [2.75, 3.05) is 0 Å². The quantitative estimate of drug-likeness (QED) is 0.912. The normalized spacial score (nSPS) is 17.6. The van der Waals surface area contributed by atoms with Crippen LogP contribution in [0, 0.1) is 6.92 Å². The molecule has 0 spiro atoms. The lowest BCUT2D eigenvalue weighted by atomic mass is 10.0. The van der Waals surface area contributed by atoms with Gasteiger partial charge >= 0.3 is 0 Å². The average molecular weight is 271 g/mol. The van der Waals surface area contributed by atoms with Gasteiger partial charge in [-0.2, -0.15) is 0 Å². The fourth-order valence-electron chi connectivity index (χ4n) is 2.21. The minimum absolute atomic E-state index is 0.242. The van der Waals surface area contributed by atoms with Crippen molar-refractivity contribution in [2.24, 2.45) is 0 Å². The van der Waals surface area contributed by atoms with Crippen LogP contribution in [0.25, 0.3) is 0 Å². The molecule has 6 heteroatoms. The number of hydrogen-bond acceptors (Lipinski definition) is 4. The Labute approximate surface area is 107 Å². The predicted octanol–water partition coefficient (Wildman–Crippen LogP) is 1.98. The van der Waals surface area contributed by atoms with Gasteiger partial charge in [0.1, 0.15) is 12.0 Å². The van der Waals surface area contributed by atoms with Gasteiger partial charge in [0, 0.05) is 0 Å². The molecule has 1 aliphatic carbocycles. The SMILES string of the molecule is Cc1cc(C(=O)NS(=O)(=O)C2CCCCC2)co1. The van der Waals surface area contributed by atoms with Gasteiger partial charge in [0.2, 0.25) is 10.0 Å². The number of nitrogens with one attached hydrogen (secondary N) is 1. The summed E-state index contributed by atoms with van der Waals surface area (Å²) in [6.45, 7) is 1.70. The Morgan fingerprint density at radius 2 is 2.00 bits per heavy atom. The molecule has 0 aromatic carbocycles. The lowest BCUT2D eigenvalue weighted by Crippen LogP contribution is -2.39. The molecule has 0 unspecified atom stereocenters. The molecule has 18 heavy (non-hydrogen) atoms. The minimum atomic E-state index is -3.56. The Hall–Kier alpha value is -1.30. The Morgan fingerprint density at radius 1 is 1.33 bits per heavy atom. The van der Waals surface area contributed by atoms with E-state index < -0.39 is 21.2 Å². The molecule has 100 valence electrons. The van der Waals surface area contributed by atoms with Crippen LogP contribution in [0.15, 0.2) is 16.7 Å². The van der Waals surface area contributed by atoms with E-state index in [1.807, 2.05) is 0 Å². The fourth-order valence-corrected chi connectivity index (χ4v) is 3.71. The van der Waals surface area contributed by atoms with E-state index in [4.69, 9.17) is 4.42 Å². The summed E-state index contributed by atoms with van der Waals surface area (Å²) < 4.78 is 31.1. The van der Waals surface area contributed by atoms with Gasteiger partial charge in [-0.1, -0.05) is 19.3 Å². The molecule has 1 amide bonds. The molecule has 1 fully saturated rings. The number of sulfonamides is 1. The molecule has 1 aromatic heterocycles. The maximum Gasteiger partial charge on any atom is 0.267 e. The Bertz CT molecular complexity index is 526. The van der Waals surface area contributed by atoms with Crippen molar-refractivity contribution in [2.45, 2.75) is 44.3 Å². The van der Waals surface area contributed by atoms with Crippen molar-refractivity contribution in [1.29, 1.82) is 0 Å². The molecule has 1 aliphatic rings. The maximum atomic E-state index is 12.0. The third-order valence-electron chi connectivity index (χ3n) is 3.22. The molecule has 1 saturated carbocycles. The maximum absolute atomic E-state index is 12.0. The summed E-state index contributed by atoms with van der Waals surface area (Å²) >= 11 is 0. The second-order valence-electron chi connectivity index (χ2n) is 4.68. The van der Waals surface area contributed by atoms with Crippen LogP contribution in [-0.4, -0.2) is 19.6 Å². The molecular formula is C12H17NO4S. The molecular weight excluding hydrogens is 254 g/mol. The Kier molecular flexibility index (Phi) is 3.75. The zero-order valence-corrected chi connectivity index (χ0v) is 11.1. The van der Waals surface area contributed by atoms with Crippen molar-refractivity contribution < 1.29 is 17.6 Å². The molecule has 0 radical (unpaired) electrons. The number of carbonyl (C=O) groups is 1. The Balaban J connectivity index is 2.05. The standard InChI is InChI=1S/C12H17NO4S/c1-9-7-10(8-17-9)12(14)13-18(15,16)11-5-3-2-4-6-11/h7-8,11H,2-6H2,1H3,(H,13,14). The molecule has 0 saturated heterocycles. The van der Waals surface area contributed by atoms with Crippen molar-refractivity contribution in [3.8, 4) is 0 Å². The molecule has 1 aromatic rings. The third-order valence-corrected chi connectivity index (χ3v) is 5.04. The van der Waals surface area contributed by atoms with Gasteiger partial charge in [-0.25, -0.2) is 13.1 Å². The predicted molar refractivity (Wildman–Crippen MR) is 66.7 cm³/mol. The highest BCUT2D eigenvalue weighted by molar-refractivity contribution is 7.90. The van der Waals surface area contributed by atoms with Crippen molar-refractivity contribution in [3.05, 3.63) is 23.7 Å². The van der Waals surface area contributed by atoms with Crippen LogP contribution in [0.3, 0.4) is 0 Å². The van der Waals surface area contributed by atoms with Gasteiger partial charge in [0.15, 0.2) is 0 Å². The third kappa shape index (κ3) is 2.93. The molecule has 5 nitrogen and oxygen atoms in total. The smallest absolute Gasteiger partial charge is 0.267 e.